The smallest absolute Gasteiger partial charge is 0.306 e. The Morgan fingerprint density at radius 2 is 1.21 bits per heavy atom. The first-order chi connectivity index (χ1) is 25.1. The Bertz CT molecular complexity index is 976. The van der Waals surface area contributed by atoms with Crippen LogP contribution < -0.4 is 0 Å². The van der Waals surface area contributed by atoms with Crippen LogP contribution in [0.3, 0.4) is 0 Å². The molecule has 4 aliphatic carbocycles. The third-order valence-corrected chi connectivity index (χ3v) is 16.2. The third kappa shape index (κ3) is 12.5. The van der Waals surface area contributed by atoms with Gasteiger partial charge in [-0.2, -0.15) is 0 Å². The van der Waals surface area contributed by atoms with Crippen LogP contribution in [0.1, 0.15) is 241 Å². The molecule has 4 rings (SSSR count). The lowest BCUT2D eigenvalue weighted by Gasteiger charge is -2.62. The van der Waals surface area contributed by atoms with Gasteiger partial charge in [0.2, 0.25) is 0 Å². The van der Waals surface area contributed by atoms with Crippen molar-refractivity contribution in [3.63, 3.8) is 0 Å². The molecule has 0 saturated heterocycles. The van der Waals surface area contributed by atoms with E-state index in [1.54, 1.807) is 0 Å². The average Bonchev–Trinajstić information content (AvgIpc) is 3.47. The molecule has 304 valence electrons. The highest BCUT2D eigenvalue weighted by molar-refractivity contribution is 5.69. The zero-order valence-corrected chi connectivity index (χ0v) is 35.9. The summed E-state index contributed by atoms with van der Waals surface area (Å²) >= 11 is 0. The monoisotopic (exact) mass is 727 g/mol. The van der Waals surface area contributed by atoms with E-state index in [0.717, 1.165) is 48.9 Å². The number of hydrogen-bond donors (Lipinski definition) is 1. The van der Waals surface area contributed by atoms with Crippen molar-refractivity contribution in [2.75, 3.05) is 0 Å². The van der Waals surface area contributed by atoms with Crippen LogP contribution in [-0.2, 0) is 9.53 Å². The molecule has 0 aromatic heterocycles. The standard InChI is InChI=1S/C49H90O3/c1-7-8-9-10-11-12-13-14-15-16-17-18-19-20-21-22-23-24-25-29-47(51)52-46-37-41(50)36-40-30-31-42-44-33-32-43(39(4)28-26-27-38(2)3)48(44,5)35-34-45(42)49(40,46)6/h38-46,50H,7-37H2,1-6H3/t39-,40-,41+,42-,43-,44+,45+,46?,48-,49+/m1/s1. The number of aliphatic hydroxyl groups is 1. The van der Waals surface area contributed by atoms with E-state index in [4.69, 9.17) is 4.74 Å². The summed E-state index contributed by atoms with van der Waals surface area (Å²) in [7, 11) is 0. The van der Waals surface area contributed by atoms with E-state index in [-0.39, 0.29) is 23.6 Å². The first-order valence-corrected chi connectivity index (χ1v) is 24.0. The van der Waals surface area contributed by atoms with Crippen LogP contribution in [0.2, 0.25) is 0 Å². The minimum Gasteiger partial charge on any atom is -0.462 e. The van der Waals surface area contributed by atoms with Gasteiger partial charge < -0.3 is 9.84 Å². The van der Waals surface area contributed by atoms with Gasteiger partial charge in [-0.1, -0.05) is 176 Å². The minimum absolute atomic E-state index is 0.00460. The molecular formula is C49H90O3. The van der Waals surface area contributed by atoms with Crippen LogP contribution >= 0.6 is 0 Å². The van der Waals surface area contributed by atoms with Gasteiger partial charge in [0.05, 0.1) is 6.10 Å². The van der Waals surface area contributed by atoms with E-state index in [9.17, 15) is 9.90 Å². The first kappa shape index (κ1) is 44.1. The first-order valence-electron chi connectivity index (χ1n) is 24.0. The highest BCUT2D eigenvalue weighted by Gasteiger charge is 2.63. The van der Waals surface area contributed by atoms with Gasteiger partial charge in [-0.25, -0.2) is 0 Å². The summed E-state index contributed by atoms with van der Waals surface area (Å²) in [5.41, 5.74) is 0.502. The fraction of sp³-hybridized carbons (Fsp3) is 0.980. The van der Waals surface area contributed by atoms with Gasteiger partial charge in [-0.15, -0.1) is 0 Å². The van der Waals surface area contributed by atoms with Gasteiger partial charge in [0.15, 0.2) is 0 Å². The molecule has 52 heavy (non-hydrogen) atoms. The minimum atomic E-state index is -0.321. The number of carbonyl (C=O) groups excluding carboxylic acids is 1. The molecule has 0 bridgehead atoms. The molecule has 4 fully saturated rings. The second-order valence-corrected chi connectivity index (χ2v) is 20.3. The predicted octanol–water partition coefficient (Wildman–Crippen LogP) is 14.8. The fourth-order valence-electron chi connectivity index (χ4n) is 13.0. The second-order valence-electron chi connectivity index (χ2n) is 20.3. The van der Waals surface area contributed by atoms with Gasteiger partial charge in [0.25, 0.3) is 0 Å². The SMILES string of the molecule is CCCCCCCCCCCCCCCCCCCCCC(=O)OC1C[C@@H](O)C[C@H]2CC[C@@H]3[C@@H]4CC[C@H]([C@H](C)CCCC(C)C)[C@@]4(C)CC[C@@H]3[C@@]12C. The fourth-order valence-corrected chi connectivity index (χ4v) is 13.0. The molecule has 0 aromatic rings. The van der Waals surface area contributed by atoms with E-state index < -0.39 is 0 Å². The van der Waals surface area contributed by atoms with Gasteiger partial charge in [0.1, 0.15) is 6.10 Å². The average molecular weight is 727 g/mol. The zero-order chi connectivity index (χ0) is 37.4. The summed E-state index contributed by atoms with van der Waals surface area (Å²) in [5, 5.41) is 11.0. The Morgan fingerprint density at radius 3 is 1.77 bits per heavy atom. The summed E-state index contributed by atoms with van der Waals surface area (Å²) < 4.78 is 6.48. The van der Waals surface area contributed by atoms with E-state index in [1.165, 1.54) is 167 Å². The molecule has 3 heteroatoms. The maximum Gasteiger partial charge on any atom is 0.306 e. The highest BCUT2D eigenvalue weighted by atomic mass is 16.5. The van der Waals surface area contributed by atoms with Crippen molar-refractivity contribution in [1.29, 1.82) is 0 Å². The van der Waals surface area contributed by atoms with E-state index in [0.29, 0.717) is 30.1 Å². The molecule has 0 aliphatic heterocycles. The van der Waals surface area contributed by atoms with Crippen LogP contribution in [-0.4, -0.2) is 23.3 Å². The van der Waals surface area contributed by atoms with Gasteiger partial charge >= 0.3 is 5.97 Å². The summed E-state index contributed by atoms with van der Waals surface area (Å²) in [6.07, 6.45) is 39.8. The number of aliphatic hydroxyl groups excluding tert-OH is 1. The molecule has 4 saturated carbocycles. The molecule has 0 heterocycles. The number of fused-ring (bicyclic) bond motifs is 5. The largest absolute Gasteiger partial charge is 0.462 e. The molecule has 3 nitrogen and oxygen atoms in total. The number of carbonyl (C=O) groups is 1. The van der Waals surface area contributed by atoms with Crippen LogP contribution in [0.5, 0.6) is 0 Å². The number of ether oxygens (including phenoxy) is 1. The topological polar surface area (TPSA) is 46.5 Å². The van der Waals surface area contributed by atoms with Crippen LogP contribution in [0.25, 0.3) is 0 Å². The van der Waals surface area contributed by atoms with Crippen molar-refractivity contribution >= 4 is 5.97 Å². The summed E-state index contributed by atoms with van der Waals surface area (Å²) in [4.78, 5) is 13.4. The highest BCUT2D eigenvalue weighted by Crippen LogP contribution is 2.68. The molecule has 4 aliphatic rings. The summed E-state index contributed by atoms with van der Waals surface area (Å²) in [5.74, 6) is 5.25. The van der Waals surface area contributed by atoms with Crippen molar-refractivity contribution in [2.24, 2.45) is 52.3 Å². The Hall–Kier alpha value is -0.570. The van der Waals surface area contributed by atoms with Gasteiger partial charge in [0, 0.05) is 18.3 Å². The lowest BCUT2D eigenvalue weighted by atomic mass is 9.43. The quantitative estimate of drug-likeness (QED) is 0.0713. The van der Waals surface area contributed by atoms with Crippen LogP contribution in [0.4, 0.5) is 0 Å². The Morgan fingerprint density at radius 1 is 0.654 bits per heavy atom. The molecular weight excluding hydrogens is 637 g/mol. The molecule has 0 spiro atoms. The number of rotatable bonds is 26. The summed E-state index contributed by atoms with van der Waals surface area (Å²) in [6.45, 7) is 14.8. The number of unbranched alkanes of at least 4 members (excludes halogenated alkanes) is 18. The Balaban J connectivity index is 1.11. The molecule has 0 aromatic carbocycles. The molecule has 1 N–H and O–H groups in total. The van der Waals surface area contributed by atoms with E-state index >= 15 is 0 Å². The van der Waals surface area contributed by atoms with Crippen molar-refractivity contribution in [2.45, 2.75) is 253 Å². The van der Waals surface area contributed by atoms with E-state index in [1.807, 2.05) is 0 Å². The van der Waals surface area contributed by atoms with E-state index in [2.05, 4.69) is 41.5 Å². The number of esters is 1. The van der Waals surface area contributed by atoms with Crippen LogP contribution in [0.15, 0.2) is 0 Å². The van der Waals surface area contributed by atoms with Crippen molar-refractivity contribution in [3.8, 4) is 0 Å². The van der Waals surface area contributed by atoms with Gasteiger partial charge in [-0.3, -0.25) is 4.79 Å². The van der Waals surface area contributed by atoms with Crippen molar-refractivity contribution < 1.29 is 14.6 Å². The maximum atomic E-state index is 13.4. The normalized spacial score (nSPS) is 33.4. The lowest BCUT2D eigenvalue weighted by Crippen LogP contribution is -2.60. The molecule has 10 atom stereocenters. The summed E-state index contributed by atoms with van der Waals surface area (Å²) in [6, 6.07) is 0. The second kappa shape index (κ2) is 22.9. The number of hydrogen-bond acceptors (Lipinski definition) is 3. The molecule has 0 radical (unpaired) electrons. The molecule has 0 amide bonds. The Kier molecular flexibility index (Phi) is 19.4. The van der Waals surface area contributed by atoms with Crippen molar-refractivity contribution in [1.82, 2.24) is 0 Å². The van der Waals surface area contributed by atoms with Crippen molar-refractivity contribution in [3.05, 3.63) is 0 Å². The Labute approximate surface area is 324 Å². The zero-order valence-electron chi connectivity index (χ0n) is 35.9. The lowest BCUT2D eigenvalue weighted by molar-refractivity contribution is -0.203. The van der Waals surface area contributed by atoms with Gasteiger partial charge in [-0.05, 0) is 98.2 Å². The predicted molar refractivity (Wildman–Crippen MR) is 222 cm³/mol. The molecule has 1 unspecified atom stereocenters. The van der Waals surface area contributed by atoms with Crippen LogP contribution in [0, 0.1) is 52.3 Å². The maximum absolute atomic E-state index is 13.4. The third-order valence-electron chi connectivity index (χ3n) is 16.2.